The summed E-state index contributed by atoms with van der Waals surface area (Å²) in [5, 5.41) is 20.1. The van der Waals surface area contributed by atoms with Crippen LogP contribution in [0, 0.1) is 16.7 Å². The summed E-state index contributed by atoms with van der Waals surface area (Å²) in [6.07, 6.45) is 5.93. The molecule has 1 saturated carbocycles. The average molecular weight is 338 g/mol. The highest BCUT2D eigenvalue weighted by atomic mass is 15.3. The number of aromatic nitrogens is 4. The number of nitriles is 1. The van der Waals surface area contributed by atoms with Gasteiger partial charge in [-0.15, -0.1) is 0 Å². The second-order valence-corrected chi connectivity index (χ2v) is 6.97. The highest BCUT2D eigenvalue weighted by Gasteiger charge is 2.35. The smallest absolute Gasteiger partial charge is 0.227 e. The molecule has 1 aliphatic carbocycles. The van der Waals surface area contributed by atoms with Crippen molar-refractivity contribution in [2.24, 2.45) is 11.1 Å². The van der Waals surface area contributed by atoms with Crippen LogP contribution in [0.1, 0.15) is 37.3 Å². The van der Waals surface area contributed by atoms with Crippen molar-refractivity contribution in [2.75, 3.05) is 29.9 Å². The predicted molar refractivity (Wildman–Crippen MR) is 94.4 cm³/mol. The molecule has 1 unspecified atom stereocenters. The summed E-state index contributed by atoms with van der Waals surface area (Å²) in [7, 11) is 0. The molecule has 8 heteroatoms. The standard InChI is InChI=1S/C17H22N8/c18-9-17(10-19)5-1-7-25(11-17)16-20-6-4-14(22-16)21-15-8-13(23-24-15)12-2-3-12/h4,6,8,12H,1-3,5,7,9,11,18H2,(H2,20,21,22,23,24). The van der Waals surface area contributed by atoms with E-state index in [0.717, 1.165) is 25.2 Å². The number of piperidine rings is 1. The molecular weight excluding hydrogens is 316 g/mol. The van der Waals surface area contributed by atoms with Crippen LogP contribution in [0.5, 0.6) is 0 Å². The number of hydrogen-bond acceptors (Lipinski definition) is 7. The maximum atomic E-state index is 9.49. The van der Waals surface area contributed by atoms with Gasteiger partial charge in [-0.2, -0.15) is 15.3 Å². The molecule has 1 atom stereocenters. The van der Waals surface area contributed by atoms with Gasteiger partial charge >= 0.3 is 0 Å². The molecule has 2 aromatic heterocycles. The molecule has 25 heavy (non-hydrogen) atoms. The van der Waals surface area contributed by atoms with Gasteiger partial charge in [0.15, 0.2) is 5.82 Å². The van der Waals surface area contributed by atoms with Crippen molar-refractivity contribution in [3.05, 3.63) is 24.0 Å². The average Bonchev–Trinajstić information content (AvgIpc) is 3.41. The Morgan fingerprint density at radius 3 is 3.08 bits per heavy atom. The third kappa shape index (κ3) is 3.28. The van der Waals surface area contributed by atoms with Gasteiger partial charge in [0.05, 0.1) is 11.5 Å². The first-order chi connectivity index (χ1) is 12.2. The van der Waals surface area contributed by atoms with E-state index in [-0.39, 0.29) is 0 Å². The van der Waals surface area contributed by atoms with Crippen LogP contribution < -0.4 is 16.0 Å². The van der Waals surface area contributed by atoms with Crippen molar-refractivity contribution in [2.45, 2.75) is 31.6 Å². The first kappa shape index (κ1) is 15.8. The fraction of sp³-hybridized carbons (Fsp3) is 0.529. The van der Waals surface area contributed by atoms with Gasteiger partial charge in [0.25, 0.3) is 0 Å². The van der Waals surface area contributed by atoms with Crippen LogP contribution in [0.3, 0.4) is 0 Å². The number of nitrogens with zero attached hydrogens (tertiary/aromatic N) is 5. The van der Waals surface area contributed by atoms with E-state index in [9.17, 15) is 5.26 Å². The zero-order chi connectivity index (χ0) is 17.3. The van der Waals surface area contributed by atoms with Gasteiger partial charge in [-0.1, -0.05) is 0 Å². The van der Waals surface area contributed by atoms with Crippen LogP contribution in [-0.4, -0.2) is 39.8 Å². The molecule has 1 aliphatic heterocycles. The van der Waals surface area contributed by atoms with Crippen molar-refractivity contribution in [3.63, 3.8) is 0 Å². The van der Waals surface area contributed by atoms with Gasteiger partial charge < -0.3 is 16.0 Å². The molecule has 3 heterocycles. The highest BCUT2D eigenvalue weighted by molar-refractivity contribution is 5.54. The molecule has 0 amide bonds. The maximum Gasteiger partial charge on any atom is 0.227 e. The third-order valence-corrected chi connectivity index (χ3v) is 5.00. The molecule has 2 aromatic rings. The minimum atomic E-state index is -0.508. The van der Waals surface area contributed by atoms with E-state index < -0.39 is 5.41 Å². The van der Waals surface area contributed by atoms with Gasteiger partial charge in [0, 0.05) is 43.5 Å². The van der Waals surface area contributed by atoms with Crippen LogP contribution in [-0.2, 0) is 0 Å². The van der Waals surface area contributed by atoms with E-state index in [4.69, 9.17) is 5.73 Å². The fourth-order valence-electron chi connectivity index (χ4n) is 3.31. The summed E-state index contributed by atoms with van der Waals surface area (Å²) in [4.78, 5) is 11.0. The van der Waals surface area contributed by atoms with Crippen LogP contribution in [0.4, 0.5) is 17.6 Å². The maximum absolute atomic E-state index is 9.49. The molecule has 2 aliphatic rings. The summed E-state index contributed by atoms with van der Waals surface area (Å²) in [6.45, 7) is 1.76. The lowest BCUT2D eigenvalue weighted by Gasteiger charge is -2.37. The molecule has 2 fully saturated rings. The molecule has 0 spiro atoms. The molecule has 0 aromatic carbocycles. The van der Waals surface area contributed by atoms with Crippen LogP contribution in [0.25, 0.3) is 0 Å². The monoisotopic (exact) mass is 338 g/mol. The Balaban J connectivity index is 1.49. The molecule has 4 N–H and O–H groups in total. The first-order valence-corrected chi connectivity index (χ1v) is 8.73. The topological polar surface area (TPSA) is 120 Å². The van der Waals surface area contributed by atoms with E-state index in [2.05, 4.69) is 31.6 Å². The minimum Gasteiger partial charge on any atom is -0.339 e. The third-order valence-electron chi connectivity index (χ3n) is 5.00. The Bertz CT molecular complexity index is 790. The second kappa shape index (κ2) is 6.33. The zero-order valence-electron chi connectivity index (χ0n) is 14.1. The number of nitrogens with one attached hydrogen (secondary N) is 2. The normalized spacial score (nSPS) is 23.3. The van der Waals surface area contributed by atoms with Crippen LogP contribution >= 0.6 is 0 Å². The Kier molecular flexibility index (Phi) is 4.01. The van der Waals surface area contributed by atoms with Crippen molar-refractivity contribution >= 4 is 17.6 Å². The lowest BCUT2D eigenvalue weighted by atomic mass is 9.81. The van der Waals surface area contributed by atoms with Crippen molar-refractivity contribution < 1.29 is 0 Å². The Labute approximate surface area is 146 Å². The Morgan fingerprint density at radius 2 is 2.32 bits per heavy atom. The first-order valence-electron chi connectivity index (χ1n) is 8.73. The number of hydrogen-bond donors (Lipinski definition) is 3. The SMILES string of the molecule is N#CC1(CN)CCCN(c2nccc(Nc3cc(C4CC4)[nH]n3)n2)C1. The quantitative estimate of drug-likeness (QED) is 0.761. The Morgan fingerprint density at radius 1 is 1.44 bits per heavy atom. The van der Waals surface area contributed by atoms with Gasteiger partial charge in [-0.3, -0.25) is 5.10 Å². The van der Waals surface area contributed by atoms with Gasteiger partial charge in [0.1, 0.15) is 5.82 Å². The van der Waals surface area contributed by atoms with E-state index >= 15 is 0 Å². The minimum absolute atomic E-state index is 0.356. The number of rotatable bonds is 5. The van der Waals surface area contributed by atoms with Crippen molar-refractivity contribution in [3.8, 4) is 6.07 Å². The zero-order valence-corrected chi connectivity index (χ0v) is 14.1. The predicted octanol–water partition coefficient (Wildman–Crippen LogP) is 1.89. The number of H-pyrrole nitrogens is 1. The summed E-state index contributed by atoms with van der Waals surface area (Å²) in [5.74, 6) is 2.71. The molecule has 0 bridgehead atoms. The van der Waals surface area contributed by atoms with Gasteiger partial charge in [-0.05, 0) is 31.7 Å². The lowest BCUT2D eigenvalue weighted by Crippen LogP contribution is -2.47. The lowest BCUT2D eigenvalue weighted by molar-refractivity contribution is 0.324. The van der Waals surface area contributed by atoms with E-state index in [1.807, 2.05) is 17.0 Å². The summed E-state index contributed by atoms with van der Waals surface area (Å²) >= 11 is 0. The molecular formula is C17H22N8. The fourth-order valence-corrected chi connectivity index (χ4v) is 3.31. The van der Waals surface area contributed by atoms with Gasteiger partial charge in [0.2, 0.25) is 5.95 Å². The molecule has 8 nitrogen and oxygen atoms in total. The van der Waals surface area contributed by atoms with Crippen LogP contribution in [0.2, 0.25) is 0 Å². The molecule has 130 valence electrons. The largest absolute Gasteiger partial charge is 0.339 e. The number of nitrogens with two attached hydrogens (primary N) is 1. The van der Waals surface area contributed by atoms with Gasteiger partial charge in [-0.25, -0.2) is 4.98 Å². The number of aromatic amines is 1. The molecule has 4 rings (SSSR count). The summed E-state index contributed by atoms with van der Waals surface area (Å²) in [5.41, 5.74) is 6.51. The molecule has 0 radical (unpaired) electrons. The second-order valence-electron chi connectivity index (χ2n) is 6.97. The summed E-state index contributed by atoms with van der Waals surface area (Å²) < 4.78 is 0. The van der Waals surface area contributed by atoms with Crippen molar-refractivity contribution in [1.82, 2.24) is 20.2 Å². The highest BCUT2D eigenvalue weighted by Crippen LogP contribution is 2.39. The van der Waals surface area contributed by atoms with E-state index in [1.54, 1.807) is 6.20 Å². The molecule has 1 saturated heterocycles. The summed E-state index contributed by atoms with van der Waals surface area (Å²) in [6, 6.07) is 6.24. The Hall–Kier alpha value is -2.66. The van der Waals surface area contributed by atoms with Crippen LogP contribution in [0.15, 0.2) is 18.3 Å². The van der Waals surface area contributed by atoms with Crippen molar-refractivity contribution in [1.29, 1.82) is 5.26 Å². The number of anilines is 3. The van der Waals surface area contributed by atoms with E-state index in [1.165, 1.54) is 18.5 Å². The van der Waals surface area contributed by atoms with E-state index in [0.29, 0.717) is 30.8 Å².